The number of hydrogen-bond donors (Lipinski definition) is 3. The molecule has 2 rings (SSSR count). The molecule has 0 aliphatic heterocycles. The van der Waals surface area contributed by atoms with Crippen LogP contribution in [0, 0.1) is 0 Å². The van der Waals surface area contributed by atoms with Gasteiger partial charge in [-0.2, -0.15) is 0 Å². The Morgan fingerprint density at radius 3 is 2.74 bits per heavy atom. The summed E-state index contributed by atoms with van der Waals surface area (Å²) >= 11 is 3.36. The number of amides is 1. The number of nitrogens with one attached hydrogen (secondary N) is 2. The van der Waals surface area contributed by atoms with Crippen molar-refractivity contribution in [2.24, 2.45) is 0 Å². The molecule has 0 radical (unpaired) electrons. The van der Waals surface area contributed by atoms with E-state index in [-0.39, 0.29) is 24.6 Å². The summed E-state index contributed by atoms with van der Waals surface area (Å²) in [4.78, 5) is 11.9. The predicted octanol–water partition coefficient (Wildman–Crippen LogP) is 2.28. The maximum Gasteiger partial charge on any atom is 0.238 e. The summed E-state index contributed by atoms with van der Waals surface area (Å²) in [5.41, 5.74) is 0.514. The summed E-state index contributed by atoms with van der Waals surface area (Å²) in [7, 11) is 0. The molecule has 0 spiro atoms. The number of anilines is 1. The van der Waals surface area contributed by atoms with Crippen molar-refractivity contribution in [3.8, 4) is 0 Å². The molecular formula is C14H19BrN2O2. The van der Waals surface area contributed by atoms with Crippen LogP contribution in [0.25, 0.3) is 0 Å². The van der Waals surface area contributed by atoms with Crippen molar-refractivity contribution in [3.05, 3.63) is 28.7 Å². The van der Waals surface area contributed by atoms with Gasteiger partial charge in [-0.25, -0.2) is 0 Å². The van der Waals surface area contributed by atoms with Crippen LogP contribution in [0.3, 0.4) is 0 Å². The molecule has 1 saturated carbocycles. The van der Waals surface area contributed by atoms with E-state index in [1.165, 1.54) is 0 Å². The summed E-state index contributed by atoms with van der Waals surface area (Å²) in [5.74, 6) is -0.0853. The standard InChI is InChI=1S/C14H19BrN2O2/c15-11-4-3-5-12(8-11)17-13(19)9-16-14(10-18)6-1-2-7-14/h3-5,8,16,18H,1-2,6-7,9-10H2,(H,17,19). The Bertz CT molecular complexity index is 445. The quantitative estimate of drug-likeness (QED) is 0.778. The lowest BCUT2D eigenvalue weighted by atomic mass is 9.99. The molecule has 1 aromatic rings. The van der Waals surface area contributed by atoms with Gasteiger partial charge in [-0.05, 0) is 31.0 Å². The minimum atomic E-state index is -0.255. The van der Waals surface area contributed by atoms with Gasteiger partial charge in [0.1, 0.15) is 0 Å². The molecule has 1 amide bonds. The summed E-state index contributed by atoms with van der Waals surface area (Å²) in [5, 5.41) is 15.5. The van der Waals surface area contributed by atoms with Crippen LogP contribution in [-0.2, 0) is 4.79 Å². The second-order valence-corrected chi connectivity index (χ2v) is 5.97. The fraction of sp³-hybridized carbons (Fsp3) is 0.500. The highest BCUT2D eigenvalue weighted by Crippen LogP contribution is 2.28. The molecule has 1 fully saturated rings. The molecule has 0 unspecified atom stereocenters. The third-order valence-electron chi connectivity index (χ3n) is 3.60. The molecule has 0 saturated heterocycles. The first kappa shape index (κ1) is 14.5. The second kappa shape index (κ2) is 6.50. The Morgan fingerprint density at radius 2 is 2.11 bits per heavy atom. The zero-order valence-corrected chi connectivity index (χ0v) is 12.4. The van der Waals surface area contributed by atoms with Crippen LogP contribution in [0.1, 0.15) is 25.7 Å². The van der Waals surface area contributed by atoms with Crippen LogP contribution in [0.5, 0.6) is 0 Å². The number of carbonyl (C=O) groups excluding carboxylic acids is 1. The first-order valence-corrected chi connectivity index (χ1v) is 7.34. The minimum absolute atomic E-state index is 0.0853. The van der Waals surface area contributed by atoms with E-state index >= 15 is 0 Å². The number of carbonyl (C=O) groups is 1. The molecule has 104 valence electrons. The summed E-state index contributed by atoms with van der Waals surface area (Å²) < 4.78 is 0.931. The summed E-state index contributed by atoms with van der Waals surface area (Å²) in [6.45, 7) is 0.324. The molecule has 0 bridgehead atoms. The van der Waals surface area contributed by atoms with Gasteiger partial charge in [0.25, 0.3) is 0 Å². The molecule has 3 N–H and O–H groups in total. The number of halogens is 1. The van der Waals surface area contributed by atoms with Crippen LogP contribution < -0.4 is 10.6 Å². The van der Waals surface area contributed by atoms with Crippen molar-refractivity contribution in [3.63, 3.8) is 0 Å². The minimum Gasteiger partial charge on any atom is -0.394 e. The highest BCUT2D eigenvalue weighted by molar-refractivity contribution is 9.10. The zero-order valence-electron chi connectivity index (χ0n) is 10.8. The van der Waals surface area contributed by atoms with E-state index in [2.05, 4.69) is 26.6 Å². The smallest absolute Gasteiger partial charge is 0.238 e. The number of hydrogen-bond acceptors (Lipinski definition) is 3. The Kier molecular flexibility index (Phi) is 4.96. The Balaban J connectivity index is 1.84. The van der Waals surface area contributed by atoms with E-state index in [0.717, 1.165) is 35.8 Å². The van der Waals surface area contributed by atoms with Gasteiger partial charge >= 0.3 is 0 Å². The van der Waals surface area contributed by atoms with Crippen LogP contribution in [0.2, 0.25) is 0 Å². The average Bonchev–Trinajstić information content (AvgIpc) is 2.86. The van der Waals surface area contributed by atoms with E-state index in [1.54, 1.807) is 0 Å². The molecule has 1 aliphatic carbocycles. The van der Waals surface area contributed by atoms with Crippen LogP contribution >= 0.6 is 15.9 Å². The first-order chi connectivity index (χ1) is 9.13. The van der Waals surface area contributed by atoms with E-state index in [0.29, 0.717) is 0 Å². The average molecular weight is 327 g/mol. The molecule has 19 heavy (non-hydrogen) atoms. The maximum atomic E-state index is 11.9. The fourth-order valence-corrected chi connectivity index (χ4v) is 2.88. The molecule has 5 heteroatoms. The van der Waals surface area contributed by atoms with Crippen LogP contribution in [0.15, 0.2) is 28.7 Å². The van der Waals surface area contributed by atoms with Crippen molar-refractivity contribution in [1.29, 1.82) is 0 Å². The predicted molar refractivity (Wildman–Crippen MR) is 79.1 cm³/mol. The number of rotatable bonds is 5. The number of aliphatic hydroxyl groups excluding tert-OH is 1. The molecule has 4 nitrogen and oxygen atoms in total. The Morgan fingerprint density at radius 1 is 1.37 bits per heavy atom. The van der Waals surface area contributed by atoms with Gasteiger partial charge in [-0.15, -0.1) is 0 Å². The Labute approximate surface area is 121 Å². The normalized spacial score (nSPS) is 17.4. The SMILES string of the molecule is O=C(CNC1(CO)CCCC1)Nc1cccc(Br)c1. The van der Waals surface area contributed by atoms with Gasteiger partial charge in [0.05, 0.1) is 13.2 Å². The zero-order chi connectivity index (χ0) is 13.7. The number of aliphatic hydroxyl groups is 1. The van der Waals surface area contributed by atoms with Crippen LogP contribution in [-0.4, -0.2) is 29.7 Å². The third kappa shape index (κ3) is 4.03. The first-order valence-electron chi connectivity index (χ1n) is 6.55. The van der Waals surface area contributed by atoms with E-state index in [9.17, 15) is 9.90 Å². The molecule has 1 aliphatic rings. The van der Waals surface area contributed by atoms with E-state index in [4.69, 9.17) is 0 Å². The van der Waals surface area contributed by atoms with Crippen molar-refractivity contribution in [2.75, 3.05) is 18.5 Å². The fourth-order valence-electron chi connectivity index (χ4n) is 2.48. The van der Waals surface area contributed by atoms with Gasteiger partial charge in [0, 0.05) is 15.7 Å². The lowest BCUT2D eigenvalue weighted by Gasteiger charge is -2.27. The van der Waals surface area contributed by atoms with Crippen molar-refractivity contribution < 1.29 is 9.90 Å². The molecule has 0 atom stereocenters. The second-order valence-electron chi connectivity index (χ2n) is 5.06. The van der Waals surface area contributed by atoms with Crippen molar-refractivity contribution in [2.45, 2.75) is 31.2 Å². The van der Waals surface area contributed by atoms with Gasteiger partial charge in [-0.1, -0.05) is 34.8 Å². The highest BCUT2D eigenvalue weighted by atomic mass is 79.9. The van der Waals surface area contributed by atoms with Crippen LogP contribution in [0.4, 0.5) is 5.69 Å². The monoisotopic (exact) mass is 326 g/mol. The lowest BCUT2D eigenvalue weighted by Crippen LogP contribution is -2.49. The van der Waals surface area contributed by atoms with E-state index < -0.39 is 0 Å². The molecule has 0 heterocycles. The molecule has 0 aromatic heterocycles. The largest absolute Gasteiger partial charge is 0.394 e. The summed E-state index contributed by atoms with van der Waals surface area (Å²) in [6.07, 6.45) is 4.10. The van der Waals surface area contributed by atoms with Gasteiger partial charge in [0.15, 0.2) is 0 Å². The lowest BCUT2D eigenvalue weighted by molar-refractivity contribution is -0.115. The maximum absolute atomic E-state index is 11.9. The molecular weight excluding hydrogens is 308 g/mol. The van der Waals surface area contributed by atoms with Gasteiger partial charge in [0.2, 0.25) is 5.91 Å². The van der Waals surface area contributed by atoms with Gasteiger partial charge < -0.3 is 15.7 Å². The highest BCUT2D eigenvalue weighted by Gasteiger charge is 2.32. The summed E-state index contributed by atoms with van der Waals surface area (Å²) in [6, 6.07) is 7.49. The van der Waals surface area contributed by atoms with Crippen molar-refractivity contribution >= 4 is 27.5 Å². The topological polar surface area (TPSA) is 61.4 Å². The molecule has 1 aromatic carbocycles. The van der Waals surface area contributed by atoms with Gasteiger partial charge in [-0.3, -0.25) is 4.79 Å². The Hall–Kier alpha value is -0.910. The third-order valence-corrected chi connectivity index (χ3v) is 4.09. The van der Waals surface area contributed by atoms with E-state index in [1.807, 2.05) is 24.3 Å². The van der Waals surface area contributed by atoms with Crippen molar-refractivity contribution in [1.82, 2.24) is 5.32 Å². The number of benzene rings is 1.